The number of hydrogen-bond donors (Lipinski definition) is 3. The van der Waals surface area contributed by atoms with Gasteiger partial charge in [0.25, 0.3) is 0 Å². The molecule has 1 aliphatic heterocycles. The summed E-state index contributed by atoms with van der Waals surface area (Å²) in [6.45, 7) is 2.29. The minimum absolute atomic E-state index is 0.0144. The minimum Gasteiger partial charge on any atom is -0.361 e. The number of aromatic amines is 1. The summed E-state index contributed by atoms with van der Waals surface area (Å²) in [5.74, 6) is -0.276. The van der Waals surface area contributed by atoms with E-state index in [1.807, 2.05) is 61.8 Å². The third kappa shape index (κ3) is 4.85. The van der Waals surface area contributed by atoms with Crippen molar-refractivity contribution in [3.05, 3.63) is 107 Å². The lowest BCUT2D eigenvalue weighted by Crippen LogP contribution is -2.54. The van der Waals surface area contributed by atoms with E-state index in [-0.39, 0.29) is 23.1 Å². The van der Waals surface area contributed by atoms with Crippen molar-refractivity contribution in [1.29, 1.82) is 0 Å². The van der Waals surface area contributed by atoms with Gasteiger partial charge >= 0.3 is 0 Å². The van der Waals surface area contributed by atoms with Crippen LogP contribution >= 0.6 is 0 Å². The number of H-pyrrole nitrogens is 1. The first-order chi connectivity index (χ1) is 19.0. The molecule has 1 unspecified atom stereocenters. The summed E-state index contributed by atoms with van der Waals surface area (Å²) in [5.41, 5.74) is 5.51. The van der Waals surface area contributed by atoms with Crippen molar-refractivity contribution >= 4 is 22.7 Å². The molecule has 2 atom stereocenters. The summed E-state index contributed by atoms with van der Waals surface area (Å²) in [7, 11) is 1.82. The van der Waals surface area contributed by atoms with Crippen molar-refractivity contribution < 1.29 is 9.59 Å². The fraction of sp³-hybridized carbons (Fsp3) is 0.333. The van der Waals surface area contributed by atoms with E-state index in [4.69, 9.17) is 0 Å². The summed E-state index contributed by atoms with van der Waals surface area (Å²) >= 11 is 0. The fourth-order valence-electron chi connectivity index (χ4n) is 6.82. The highest BCUT2D eigenvalue weighted by Crippen LogP contribution is 2.49. The van der Waals surface area contributed by atoms with Gasteiger partial charge in [-0.3, -0.25) is 9.59 Å². The monoisotopic (exact) mass is 520 g/mol. The zero-order valence-electron chi connectivity index (χ0n) is 22.5. The van der Waals surface area contributed by atoms with Crippen LogP contribution in [-0.2, 0) is 34.4 Å². The van der Waals surface area contributed by atoms with Crippen LogP contribution in [0.4, 0.5) is 0 Å². The maximum atomic E-state index is 14.2. The van der Waals surface area contributed by atoms with Crippen LogP contribution in [0.5, 0.6) is 0 Å². The number of rotatable bonds is 7. The second-order valence-electron chi connectivity index (χ2n) is 11.1. The third-order valence-corrected chi connectivity index (χ3v) is 8.81. The molecule has 1 saturated heterocycles. The number of likely N-dealkylation sites (N-methyl/N-ethyl adjacent to an activating group) is 1. The van der Waals surface area contributed by atoms with Crippen LogP contribution in [0, 0.1) is 5.92 Å². The Balaban J connectivity index is 1.29. The number of benzene rings is 3. The molecule has 6 heteroatoms. The molecule has 1 spiro atoms. The first kappa shape index (κ1) is 25.4. The number of carbonyl (C=O) groups is 2. The molecule has 2 amide bonds. The Kier molecular flexibility index (Phi) is 6.96. The Hall–Kier alpha value is -3.90. The lowest BCUT2D eigenvalue weighted by Gasteiger charge is -2.40. The van der Waals surface area contributed by atoms with Gasteiger partial charge in [0.05, 0.1) is 5.92 Å². The Labute approximate surface area is 229 Å². The zero-order chi connectivity index (χ0) is 26.8. The summed E-state index contributed by atoms with van der Waals surface area (Å²) in [5, 5.41) is 7.83. The topological polar surface area (TPSA) is 77.2 Å². The third-order valence-electron chi connectivity index (χ3n) is 8.81. The number of nitrogens with zero attached hydrogens (tertiary/aromatic N) is 1. The van der Waals surface area contributed by atoms with Crippen molar-refractivity contribution in [2.75, 3.05) is 20.1 Å². The number of hydrogen-bond acceptors (Lipinski definition) is 3. The van der Waals surface area contributed by atoms with Gasteiger partial charge in [0.2, 0.25) is 11.8 Å². The van der Waals surface area contributed by atoms with Crippen molar-refractivity contribution in [2.45, 2.75) is 43.7 Å². The molecule has 2 heterocycles. The normalized spacial score (nSPS) is 18.5. The molecule has 2 aliphatic rings. The van der Waals surface area contributed by atoms with E-state index in [9.17, 15) is 9.59 Å². The lowest BCUT2D eigenvalue weighted by atomic mass is 9.68. The molecule has 0 bridgehead atoms. The molecule has 1 aromatic heterocycles. The molecule has 1 fully saturated rings. The van der Waals surface area contributed by atoms with E-state index in [0.29, 0.717) is 13.0 Å². The van der Waals surface area contributed by atoms with Gasteiger partial charge in [0, 0.05) is 42.5 Å². The van der Waals surface area contributed by atoms with E-state index in [1.54, 1.807) is 4.90 Å². The van der Waals surface area contributed by atoms with Crippen LogP contribution in [0.2, 0.25) is 0 Å². The van der Waals surface area contributed by atoms with Gasteiger partial charge < -0.3 is 20.5 Å². The molecular formula is C33H36N4O2. The largest absolute Gasteiger partial charge is 0.361 e. The molecule has 3 N–H and O–H groups in total. The highest BCUT2D eigenvalue weighted by Gasteiger charge is 2.50. The van der Waals surface area contributed by atoms with Gasteiger partial charge in [-0.15, -0.1) is 0 Å². The number of amides is 2. The molecule has 0 saturated carbocycles. The summed E-state index contributed by atoms with van der Waals surface area (Å²) in [4.78, 5) is 33.2. The van der Waals surface area contributed by atoms with Crippen molar-refractivity contribution in [2.24, 2.45) is 5.92 Å². The average Bonchev–Trinajstić information content (AvgIpc) is 3.52. The van der Waals surface area contributed by atoms with Crippen LogP contribution in [0.25, 0.3) is 10.9 Å². The number of fused-ring (bicyclic) bond motifs is 3. The molecule has 0 radical (unpaired) electrons. The van der Waals surface area contributed by atoms with E-state index in [1.165, 1.54) is 11.1 Å². The summed E-state index contributed by atoms with van der Waals surface area (Å²) in [6.07, 6.45) is 4.97. The molecule has 200 valence electrons. The molecular weight excluding hydrogens is 484 g/mol. The summed E-state index contributed by atoms with van der Waals surface area (Å²) < 4.78 is 0. The maximum Gasteiger partial charge on any atom is 0.245 e. The molecule has 1 aliphatic carbocycles. The molecule has 39 heavy (non-hydrogen) atoms. The van der Waals surface area contributed by atoms with E-state index in [0.717, 1.165) is 54.4 Å². The predicted octanol–water partition coefficient (Wildman–Crippen LogP) is 4.35. The second-order valence-corrected chi connectivity index (χ2v) is 11.1. The van der Waals surface area contributed by atoms with Crippen LogP contribution in [0.3, 0.4) is 0 Å². The number of aromatic nitrogens is 1. The van der Waals surface area contributed by atoms with E-state index >= 15 is 0 Å². The van der Waals surface area contributed by atoms with Gasteiger partial charge in [-0.1, -0.05) is 72.8 Å². The van der Waals surface area contributed by atoms with Gasteiger partial charge in [-0.2, -0.15) is 0 Å². The van der Waals surface area contributed by atoms with Crippen LogP contribution < -0.4 is 10.6 Å². The lowest BCUT2D eigenvalue weighted by molar-refractivity contribution is -0.137. The number of nitrogens with one attached hydrogen (secondary N) is 3. The summed E-state index contributed by atoms with van der Waals surface area (Å²) in [6, 6.07) is 25.9. The fourth-order valence-corrected chi connectivity index (χ4v) is 6.82. The second kappa shape index (κ2) is 10.7. The Bertz CT molecular complexity index is 1470. The van der Waals surface area contributed by atoms with Crippen LogP contribution in [-0.4, -0.2) is 47.9 Å². The van der Waals surface area contributed by atoms with Gasteiger partial charge in [0.15, 0.2) is 0 Å². The minimum atomic E-state index is -0.659. The molecule has 4 aromatic rings. The van der Waals surface area contributed by atoms with Crippen molar-refractivity contribution in [3.63, 3.8) is 0 Å². The SMILES string of the molecule is CN(Cc1ccccc1)C(=O)[C@H](Cc1c[nH]c2ccccc12)NC(=O)C1Cc2ccccc2C12CCNCC2. The zero-order valence-corrected chi connectivity index (χ0v) is 22.5. The molecule has 6 nitrogen and oxygen atoms in total. The Morgan fingerprint density at radius 1 is 0.974 bits per heavy atom. The Morgan fingerprint density at radius 3 is 2.51 bits per heavy atom. The van der Waals surface area contributed by atoms with Crippen LogP contribution in [0.1, 0.15) is 35.1 Å². The highest BCUT2D eigenvalue weighted by atomic mass is 16.2. The number of carbonyl (C=O) groups excluding carboxylic acids is 2. The van der Waals surface area contributed by atoms with E-state index < -0.39 is 6.04 Å². The maximum absolute atomic E-state index is 14.2. The standard InChI is InChI=1S/C33H36N4O2/c1-37(22-23-9-3-2-4-10-23)32(39)30(20-25-21-35-29-14-8-6-12-26(25)29)36-31(38)28-19-24-11-5-7-13-27(24)33(28)15-17-34-18-16-33/h2-14,21,28,30,34-35H,15-20,22H2,1H3,(H,36,38)/t28?,30-/m0/s1. The quantitative estimate of drug-likeness (QED) is 0.339. The van der Waals surface area contributed by atoms with Gasteiger partial charge in [-0.05, 0) is 60.7 Å². The Morgan fingerprint density at radius 2 is 1.69 bits per heavy atom. The predicted molar refractivity (Wildman–Crippen MR) is 154 cm³/mol. The van der Waals surface area contributed by atoms with Crippen molar-refractivity contribution in [1.82, 2.24) is 20.5 Å². The highest BCUT2D eigenvalue weighted by molar-refractivity contribution is 5.91. The first-order valence-electron chi connectivity index (χ1n) is 14.0. The van der Waals surface area contributed by atoms with Crippen LogP contribution in [0.15, 0.2) is 85.1 Å². The molecule has 3 aromatic carbocycles. The van der Waals surface area contributed by atoms with Crippen molar-refractivity contribution in [3.8, 4) is 0 Å². The van der Waals surface area contributed by atoms with Gasteiger partial charge in [-0.25, -0.2) is 0 Å². The van der Waals surface area contributed by atoms with E-state index in [2.05, 4.69) is 45.9 Å². The van der Waals surface area contributed by atoms with Gasteiger partial charge in [0.1, 0.15) is 6.04 Å². The number of para-hydroxylation sites is 1. The first-order valence-corrected chi connectivity index (χ1v) is 14.0. The smallest absolute Gasteiger partial charge is 0.245 e. The number of piperidine rings is 1. The average molecular weight is 521 g/mol. The molecule has 6 rings (SSSR count).